The third-order valence-corrected chi connectivity index (χ3v) is 9.12. The zero-order chi connectivity index (χ0) is 27.2. The predicted octanol–water partition coefficient (Wildman–Crippen LogP) is 8.82. The first-order valence-corrected chi connectivity index (χ1v) is 13.7. The molecule has 0 radical (unpaired) electrons. The van der Waals surface area contributed by atoms with E-state index in [1.54, 1.807) is 0 Å². The first-order chi connectivity index (χ1) is 17.9. The van der Waals surface area contributed by atoms with E-state index in [0.29, 0.717) is 5.56 Å². The van der Waals surface area contributed by atoms with Gasteiger partial charge in [-0.15, -0.1) is 0 Å². The van der Waals surface area contributed by atoms with Gasteiger partial charge in [0, 0.05) is 33.9 Å². The molecule has 0 bridgehead atoms. The number of nitrogens with zero attached hydrogens (tertiary/aromatic N) is 2. The molecule has 0 aliphatic heterocycles. The Balaban J connectivity index is 1.73. The molecule has 0 amide bonds. The summed E-state index contributed by atoms with van der Waals surface area (Å²) in [6, 6.07) is 17.2. The molecule has 4 aromatic rings. The second-order valence-electron chi connectivity index (χ2n) is 13.2. The molecule has 3 heteroatoms. The van der Waals surface area contributed by atoms with Gasteiger partial charge in [0.25, 0.3) is 0 Å². The van der Waals surface area contributed by atoms with Crippen LogP contribution in [0.1, 0.15) is 71.1 Å². The maximum Gasteiger partial charge on any atom is 0.216 e. The molecule has 2 aromatic heterocycles. The molecule has 38 heavy (non-hydrogen) atoms. The minimum absolute atomic E-state index is 0.0188. The normalized spacial score (nSPS) is 19.5. The lowest BCUT2D eigenvalue weighted by molar-refractivity contribution is -0.660. The summed E-state index contributed by atoms with van der Waals surface area (Å²) in [4.78, 5) is 0. The van der Waals surface area contributed by atoms with Gasteiger partial charge in [-0.1, -0.05) is 65.3 Å². The van der Waals surface area contributed by atoms with Crippen LogP contribution in [0.25, 0.3) is 38.8 Å². The van der Waals surface area contributed by atoms with E-state index in [4.69, 9.17) is 4.42 Å². The van der Waals surface area contributed by atoms with Crippen molar-refractivity contribution in [1.29, 1.82) is 5.26 Å². The van der Waals surface area contributed by atoms with Gasteiger partial charge in [0.1, 0.15) is 18.2 Å². The van der Waals surface area contributed by atoms with Gasteiger partial charge in [-0.2, -0.15) is 5.26 Å². The summed E-state index contributed by atoms with van der Waals surface area (Å²) in [6.07, 6.45) is 6.78. The Labute approximate surface area is 226 Å². The number of fused-ring (bicyclic) bond motifs is 3. The summed E-state index contributed by atoms with van der Waals surface area (Å²) in [5, 5.41) is 12.5. The van der Waals surface area contributed by atoms with Crippen molar-refractivity contribution in [2.45, 2.75) is 61.3 Å². The van der Waals surface area contributed by atoms with E-state index < -0.39 is 0 Å². The second kappa shape index (κ2) is 7.93. The van der Waals surface area contributed by atoms with Crippen molar-refractivity contribution in [3.63, 3.8) is 0 Å². The minimum Gasteiger partial charge on any atom is -0.454 e. The molecule has 2 aliphatic carbocycles. The van der Waals surface area contributed by atoms with Gasteiger partial charge in [0.2, 0.25) is 5.69 Å². The number of nitriles is 1. The summed E-state index contributed by atoms with van der Waals surface area (Å²) >= 11 is 0. The molecule has 192 valence electrons. The quantitative estimate of drug-likeness (QED) is 0.257. The van der Waals surface area contributed by atoms with Crippen LogP contribution in [0.15, 0.2) is 70.3 Å². The molecular formula is C35H37N2O+. The molecule has 6 rings (SSSR count). The zero-order valence-corrected chi connectivity index (χ0v) is 23.9. The maximum absolute atomic E-state index is 10.3. The Morgan fingerprint density at radius 3 is 2.18 bits per heavy atom. The van der Waals surface area contributed by atoms with Crippen LogP contribution in [0.3, 0.4) is 0 Å². The van der Waals surface area contributed by atoms with E-state index >= 15 is 0 Å². The number of rotatable bonds is 2. The lowest BCUT2D eigenvalue weighted by Gasteiger charge is -2.46. The molecule has 3 nitrogen and oxygen atoms in total. The Morgan fingerprint density at radius 2 is 1.50 bits per heavy atom. The summed E-state index contributed by atoms with van der Waals surface area (Å²) in [5.74, 6) is 0. The number of hydrogen-bond donors (Lipinski definition) is 0. The molecule has 0 unspecified atom stereocenters. The first-order valence-electron chi connectivity index (χ1n) is 13.7. The lowest BCUT2D eigenvalue weighted by atomic mass is 9.59. The zero-order valence-electron chi connectivity index (χ0n) is 23.9. The molecule has 0 saturated carbocycles. The molecule has 0 N–H and O–H groups in total. The highest BCUT2D eigenvalue weighted by Crippen LogP contribution is 2.63. The number of hydrogen-bond acceptors (Lipinski definition) is 2. The van der Waals surface area contributed by atoms with Crippen molar-refractivity contribution in [2.24, 2.45) is 23.3 Å². The standard InChI is InChI=1S/C35H37N2O/c1-21-12-14-23-24-15-13-22(20-36)28(31(24)38-30(23)27(21)26-11-9-10-18-37(26)8)25-19-35(6,7)32-29(25)33(2,3)16-17-34(32,4)5/h9-15,18-19H,16-17H2,1-8H3/q+1. The SMILES string of the molecule is Cc1ccc2c(oc3c(C4=CC(C)(C)C5=C4C(C)(C)CCC5(C)C)c(C#N)ccc32)c1-c1cccc[n+]1C. The van der Waals surface area contributed by atoms with E-state index in [9.17, 15) is 5.26 Å². The van der Waals surface area contributed by atoms with Crippen LogP contribution in [0.2, 0.25) is 0 Å². The van der Waals surface area contributed by atoms with E-state index in [2.05, 4.69) is 109 Å². The van der Waals surface area contributed by atoms with Gasteiger partial charge in [-0.3, -0.25) is 0 Å². The fourth-order valence-electron chi connectivity index (χ4n) is 7.41. The summed E-state index contributed by atoms with van der Waals surface area (Å²) in [5.41, 5.74) is 10.9. The fraction of sp³-hybridized carbons (Fsp3) is 0.371. The van der Waals surface area contributed by atoms with Gasteiger partial charge in [0.15, 0.2) is 6.20 Å². The maximum atomic E-state index is 10.3. The molecule has 2 aromatic carbocycles. The van der Waals surface area contributed by atoms with Crippen molar-refractivity contribution in [3.05, 3.63) is 82.6 Å². The Hall–Kier alpha value is -3.64. The summed E-state index contributed by atoms with van der Waals surface area (Å²) in [7, 11) is 2.07. The van der Waals surface area contributed by atoms with Crippen LogP contribution in [-0.2, 0) is 7.05 Å². The van der Waals surface area contributed by atoms with Crippen LogP contribution in [-0.4, -0.2) is 0 Å². The monoisotopic (exact) mass is 501 g/mol. The predicted molar refractivity (Wildman–Crippen MR) is 155 cm³/mol. The molecule has 0 spiro atoms. The number of aromatic nitrogens is 1. The largest absolute Gasteiger partial charge is 0.454 e. The highest BCUT2D eigenvalue weighted by atomic mass is 16.3. The lowest BCUT2D eigenvalue weighted by Crippen LogP contribution is -2.34. The van der Waals surface area contributed by atoms with E-state index in [1.807, 2.05) is 12.1 Å². The van der Waals surface area contributed by atoms with Crippen LogP contribution in [0.4, 0.5) is 0 Å². The van der Waals surface area contributed by atoms with Gasteiger partial charge >= 0.3 is 0 Å². The number of furan rings is 1. The molecular weight excluding hydrogens is 464 g/mol. The Bertz CT molecular complexity index is 1770. The third kappa shape index (κ3) is 3.36. The second-order valence-corrected chi connectivity index (χ2v) is 13.2. The highest BCUT2D eigenvalue weighted by Gasteiger charge is 2.49. The summed E-state index contributed by atoms with van der Waals surface area (Å²) in [6.45, 7) is 16.3. The van der Waals surface area contributed by atoms with Crippen molar-refractivity contribution < 1.29 is 8.98 Å². The Kier molecular flexibility index (Phi) is 5.15. The van der Waals surface area contributed by atoms with Crippen molar-refractivity contribution in [3.8, 4) is 17.3 Å². The average Bonchev–Trinajstić information content (AvgIpc) is 3.37. The smallest absolute Gasteiger partial charge is 0.216 e. The van der Waals surface area contributed by atoms with Crippen molar-refractivity contribution in [1.82, 2.24) is 0 Å². The Morgan fingerprint density at radius 1 is 0.842 bits per heavy atom. The van der Waals surface area contributed by atoms with E-state index in [-0.39, 0.29) is 16.2 Å². The number of pyridine rings is 1. The number of aryl methyl sites for hydroxylation is 2. The van der Waals surface area contributed by atoms with Gasteiger partial charge in [-0.25, -0.2) is 4.57 Å². The van der Waals surface area contributed by atoms with Gasteiger partial charge < -0.3 is 4.42 Å². The van der Waals surface area contributed by atoms with E-state index in [1.165, 1.54) is 28.7 Å². The highest BCUT2D eigenvalue weighted by molar-refractivity contribution is 6.13. The van der Waals surface area contributed by atoms with Crippen molar-refractivity contribution >= 4 is 27.5 Å². The molecule has 0 atom stereocenters. The number of benzene rings is 2. The van der Waals surface area contributed by atoms with Gasteiger partial charge in [-0.05, 0) is 65.5 Å². The topological polar surface area (TPSA) is 40.8 Å². The van der Waals surface area contributed by atoms with Crippen LogP contribution < -0.4 is 4.57 Å². The van der Waals surface area contributed by atoms with Crippen molar-refractivity contribution in [2.75, 3.05) is 0 Å². The average molecular weight is 502 g/mol. The minimum atomic E-state index is -0.0910. The molecule has 2 heterocycles. The van der Waals surface area contributed by atoms with Crippen LogP contribution in [0, 0.1) is 34.5 Å². The molecule has 2 aliphatic rings. The number of allylic oxidation sites excluding steroid dienone is 4. The first kappa shape index (κ1) is 24.7. The summed E-state index contributed by atoms with van der Waals surface area (Å²) < 4.78 is 9.04. The van der Waals surface area contributed by atoms with Crippen LogP contribution >= 0.6 is 0 Å². The van der Waals surface area contributed by atoms with E-state index in [0.717, 1.165) is 45.2 Å². The van der Waals surface area contributed by atoms with Crippen LogP contribution in [0.5, 0.6) is 0 Å². The molecule has 0 fully saturated rings. The van der Waals surface area contributed by atoms with Gasteiger partial charge in [0.05, 0.1) is 17.2 Å². The fourth-order valence-corrected chi connectivity index (χ4v) is 7.41. The molecule has 0 saturated heterocycles. The third-order valence-electron chi connectivity index (χ3n) is 9.12.